The number of hydrogen-bond acceptors (Lipinski definition) is 3. The van der Waals surface area contributed by atoms with Crippen molar-refractivity contribution in [2.75, 3.05) is 6.61 Å². The molecule has 1 unspecified atom stereocenters. The lowest BCUT2D eigenvalue weighted by atomic mass is 10.1. The Balaban J connectivity index is 1.74. The number of nitrogens with one attached hydrogen (secondary N) is 1. The Bertz CT molecular complexity index is 935. The highest BCUT2D eigenvalue weighted by molar-refractivity contribution is 6.42. The number of rotatable bonds is 8. The van der Waals surface area contributed by atoms with Crippen molar-refractivity contribution in [3.63, 3.8) is 0 Å². The molecule has 1 N–H and O–H groups in total. The summed E-state index contributed by atoms with van der Waals surface area (Å²) < 4.78 is 19.2. The number of nitrogens with zero attached hydrogens (tertiary/aromatic N) is 1. The van der Waals surface area contributed by atoms with E-state index in [1.165, 1.54) is 23.1 Å². The number of hydrogen-bond donors (Lipinski definition) is 1. The van der Waals surface area contributed by atoms with Crippen LogP contribution in [-0.4, -0.2) is 35.4 Å². The largest absolute Gasteiger partial charge is 0.481 e. The van der Waals surface area contributed by atoms with E-state index in [1.54, 1.807) is 31.2 Å². The average molecular weight is 467 g/mol. The first-order valence-corrected chi connectivity index (χ1v) is 11.0. The second kappa shape index (κ2) is 10.8. The standard InChI is InChI=1S/C23H25Cl2FN2O3/c1-15(23(30)27-17-6-2-3-7-17)28(13-16-10-11-18(24)19(25)12-16)22(29)14-31-21-9-5-4-8-20(21)26/h4-5,8-12,15,17H,2-3,6-7,13-14H2,1H3,(H,27,30). The van der Waals surface area contributed by atoms with Crippen LogP contribution in [0.1, 0.15) is 38.2 Å². The smallest absolute Gasteiger partial charge is 0.261 e. The fraction of sp³-hybridized carbons (Fsp3) is 0.391. The van der Waals surface area contributed by atoms with Crippen LogP contribution >= 0.6 is 23.2 Å². The highest BCUT2D eigenvalue weighted by Crippen LogP contribution is 2.24. The Morgan fingerprint density at radius 1 is 1.16 bits per heavy atom. The zero-order valence-corrected chi connectivity index (χ0v) is 18.8. The molecule has 1 aliphatic rings. The Labute approximate surface area is 191 Å². The SMILES string of the molecule is CC(C(=O)NC1CCCC1)N(Cc1ccc(Cl)c(Cl)c1)C(=O)COc1ccccc1F. The average Bonchev–Trinajstić information content (AvgIpc) is 3.26. The van der Waals surface area contributed by atoms with Gasteiger partial charge in [-0.05, 0) is 49.6 Å². The number of carbonyl (C=O) groups excluding carboxylic acids is 2. The number of benzene rings is 2. The Morgan fingerprint density at radius 2 is 1.87 bits per heavy atom. The van der Waals surface area contributed by atoms with Gasteiger partial charge in [-0.3, -0.25) is 9.59 Å². The molecule has 0 heterocycles. The Kier molecular flexibility index (Phi) is 8.15. The summed E-state index contributed by atoms with van der Waals surface area (Å²) in [6.45, 7) is 1.40. The van der Waals surface area contributed by atoms with E-state index in [2.05, 4.69) is 5.32 Å². The van der Waals surface area contributed by atoms with Gasteiger partial charge in [-0.25, -0.2) is 4.39 Å². The van der Waals surface area contributed by atoms with E-state index < -0.39 is 24.4 Å². The minimum Gasteiger partial charge on any atom is -0.481 e. The number of amides is 2. The zero-order chi connectivity index (χ0) is 22.4. The van der Waals surface area contributed by atoms with Gasteiger partial charge in [-0.15, -0.1) is 0 Å². The van der Waals surface area contributed by atoms with Gasteiger partial charge in [0, 0.05) is 12.6 Å². The van der Waals surface area contributed by atoms with Gasteiger partial charge in [0.25, 0.3) is 5.91 Å². The van der Waals surface area contributed by atoms with Crippen molar-refractivity contribution in [1.29, 1.82) is 0 Å². The predicted molar refractivity (Wildman–Crippen MR) is 119 cm³/mol. The summed E-state index contributed by atoms with van der Waals surface area (Å²) in [5.74, 6) is -1.25. The number of ether oxygens (including phenoxy) is 1. The summed E-state index contributed by atoms with van der Waals surface area (Å²) in [6, 6.07) is 10.3. The first kappa shape index (κ1) is 23.4. The molecule has 2 aromatic rings. The third kappa shape index (κ3) is 6.34. The van der Waals surface area contributed by atoms with E-state index in [0.717, 1.165) is 25.7 Å². The molecule has 0 spiro atoms. The molecule has 0 saturated heterocycles. The zero-order valence-electron chi connectivity index (χ0n) is 17.2. The monoisotopic (exact) mass is 466 g/mol. The quantitative estimate of drug-likeness (QED) is 0.596. The first-order valence-electron chi connectivity index (χ1n) is 10.3. The molecule has 1 fully saturated rings. The lowest BCUT2D eigenvalue weighted by Crippen LogP contribution is -2.50. The third-order valence-electron chi connectivity index (χ3n) is 5.39. The molecule has 3 rings (SSSR count). The molecule has 0 aromatic heterocycles. The predicted octanol–water partition coefficient (Wildman–Crippen LogP) is 4.99. The molecule has 2 aromatic carbocycles. The van der Waals surface area contributed by atoms with Gasteiger partial charge >= 0.3 is 0 Å². The van der Waals surface area contributed by atoms with Crippen molar-refractivity contribution < 1.29 is 18.7 Å². The summed E-state index contributed by atoms with van der Waals surface area (Å²) in [6.07, 6.45) is 4.05. The number of carbonyl (C=O) groups is 2. The van der Waals surface area contributed by atoms with Crippen molar-refractivity contribution in [1.82, 2.24) is 10.2 Å². The fourth-order valence-corrected chi connectivity index (χ4v) is 3.91. The topological polar surface area (TPSA) is 58.6 Å². The Hall–Kier alpha value is -2.31. The molecule has 0 radical (unpaired) electrons. The van der Waals surface area contributed by atoms with Crippen molar-refractivity contribution >= 4 is 35.0 Å². The van der Waals surface area contributed by atoms with Gasteiger partial charge in [0.2, 0.25) is 5.91 Å². The van der Waals surface area contributed by atoms with Crippen LogP contribution in [0.2, 0.25) is 10.0 Å². The summed E-state index contributed by atoms with van der Waals surface area (Å²) in [7, 11) is 0. The highest BCUT2D eigenvalue weighted by atomic mass is 35.5. The molecule has 0 bridgehead atoms. The molecule has 2 amide bonds. The summed E-state index contributed by atoms with van der Waals surface area (Å²) in [5.41, 5.74) is 0.717. The van der Waals surface area contributed by atoms with Crippen LogP contribution in [0.25, 0.3) is 0 Å². The highest BCUT2D eigenvalue weighted by Gasteiger charge is 2.29. The molecule has 5 nitrogen and oxygen atoms in total. The molecule has 1 atom stereocenters. The number of halogens is 3. The van der Waals surface area contributed by atoms with E-state index in [9.17, 15) is 14.0 Å². The maximum absolute atomic E-state index is 13.8. The van der Waals surface area contributed by atoms with Gasteiger partial charge in [-0.1, -0.05) is 54.2 Å². The molecule has 166 valence electrons. The molecule has 1 aliphatic carbocycles. The number of para-hydroxylation sites is 1. The van der Waals surface area contributed by atoms with Crippen LogP contribution in [-0.2, 0) is 16.1 Å². The van der Waals surface area contributed by atoms with Crippen molar-refractivity contribution in [3.8, 4) is 5.75 Å². The van der Waals surface area contributed by atoms with Crippen molar-refractivity contribution in [3.05, 3.63) is 63.9 Å². The lowest BCUT2D eigenvalue weighted by Gasteiger charge is -2.29. The van der Waals surface area contributed by atoms with Crippen molar-refractivity contribution in [2.24, 2.45) is 0 Å². The maximum atomic E-state index is 13.8. The second-order valence-electron chi connectivity index (χ2n) is 7.66. The van der Waals surface area contributed by atoms with Gasteiger partial charge in [0.15, 0.2) is 18.2 Å². The van der Waals surface area contributed by atoms with Crippen LogP contribution < -0.4 is 10.1 Å². The summed E-state index contributed by atoms with van der Waals surface area (Å²) >= 11 is 12.1. The van der Waals surface area contributed by atoms with Crippen LogP contribution in [0.5, 0.6) is 5.75 Å². The van der Waals surface area contributed by atoms with Gasteiger partial charge in [0.05, 0.1) is 10.0 Å². The van der Waals surface area contributed by atoms with Crippen LogP contribution in [0.4, 0.5) is 4.39 Å². The van der Waals surface area contributed by atoms with Gasteiger partial charge in [-0.2, -0.15) is 0 Å². The van der Waals surface area contributed by atoms with Crippen LogP contribution in [0, 0.1) is 5.82 Å². The van der Waals surface area contributed by atoms with E-state index >= 15 is 0 Å². The minimum atomic E-state index is -0.744. The van der Waals surface area contributed by atoms with Gasteiger partial charge < -0.3 is 15.0 Å². The van der Waals surface area contributed by atoms with Crippen molar-refractivity contribution in [2.45, 2.75) is 51.2 Å². The summed E-state index contributed by atoms with van der Waals surface area (Å²) in [5, 5.41) is 3.78. The van der Waals surface area contributed by atoms with Gasteiger partial charge in [0.1, 0.15) is 6.04 Å². The molecular weight excluding hydrogens is 442 g/mol. The lowest BCUT2D eigenvalue weighted by molar-refractivity contribution is -0.142. The fourth-order valence-electron chi connectivity index (χ4n) is 3.59. The van der Waals surface area contributed by atoms with Crippen LogP contribution in [0.3, 0.4) is 0 Å². The molecule has 0 aliphatic heterocycles. The van der Waals surface area contributed by atoms with E-state index in [4.69, 9.17) is 27.9 Å². The van der Waals surface area contributed by atoms with E-state index in [1.807, 2.05) is 0 Å². The van der Waals surface area contributed by atoms with E-state index in [-0.39, 0.29) is 24.2 Å². The normalized spacial score (nSPS) is 14.8. The molecule has 1 saturated carbocycles. The summed E-state index contributed by atoms with van der Waals surface area (Å²) in [4.78, 5) is 27.2. The van der Waals surface area contributed by atoms with Crippen LogP contribution in [0.15, 0.2) is 42.5 Å². The third-order valence-corrected chi connectivity index (χ3v) is 6.13. The van der Waals surface area contributed by atoms with E-state index in [0.29, 0.717) is 15.6 Å². The maximum Gasteiger partial charge on any atom is 0.261 e. The molecule has 8 heteroatoms. The Morgan fingerprint density at radius 3 is 2.55 bits per heavy atom. The first-order chi connectivity index (χ1) is 14.8. The molecule has 31 heavy (non-hydrogen) atoms. The second-order valence-corrected chi connectivity index (χ2v) is 8.47. The minimum absolute atomic E-state index is 0.0200. The molecular formula is C23H25Cl2FN2O3.